The van der Waals surface area contributed by atoms with E-state index in [4.69, 9.17) is 4.74 Å². The third-order valence-corrected chi connectivity index (χ3v) is 5.47. The molecule has 33 heavy (non-hydrogen) atoms. The Morgan fingerprint density at radius 2 is 1.82 bits per heavy atom. The largest absolute Gasteiger partial charge is 0.452 e. The monoisotopic (exact) mass is 456 g/mol. The van der Waals surface area contributed by atoms with Crippen LogP contribution >= 0.6 is 0 Å². The number of Topliss-reactive ketones (excluding diaryl/α,β-unsaturated/α-hetero) is 1. The Morgan fingerprint density at radius 1 is 1.06 bits per heavy atom. The zero-order valence-electron chi connectivity index (χ0n) is 17.6. The normalized spacial score (nSPS) is 13.0. The molecular weight excluding hydrogens is 437 g/mol. The van der Waals surface area contributed by atoms with Gasteiger partial charge >= 0.3 is 12.1 Å². The molecule has 1 aliphatic rings. The van der Waals surface area contributed by atoms with Crippen molar-refractivity contribution >= 4 is 11.8 Å². The molecule has 3 aromatic rings. The van der Waals surface area contributed by atoms with Crippen LogP contribution in [-0.4, -0.2) is 28.1 Å². The van der Waals surface area contributed by atoms with Crippen molar-refractivity contribution in [1.29, 1.82) is 0 Å². The van der Waals surface area contributed by atoms with Gasteiger partial charge < -0.3 is 4.74 Å². The van der Waals surface area contributed by atoms with Crippen molar-refractivity contribution in [3.8, 4) is 5.69 Å². The molecule has 1 aromatic heterocycles. The van der Waals surface area contributed by atoms with Crippen LogP contribution in [0, 0.1) is 6.92 Å². The van der Waals surface area contributed by atoms with Gasteiger partial charge in [-0.05, 0) is 61.6 Å². The molecule has 0 amide bonds. The van der Waals surface area contributed by atoms with Gasteiger partial charge in [0.2, 0.25) is 11.1 Å². The second kappa shape index (κ2) is 8.65. The van der Waals surface area contributed by atoms with Gasteiger partial charge in [-0.1, -0.05) is 18.2 Å². The molecular formula is C24H19F3N2O4. The lowest BCUT2D eigenvalue weighted by Gasteiger charge is -2.13. The van der Waals surface area contributed by atoms with E-state index >= 15 is 0 Å². The summed E-state index contributed by atoms with van der Waals surface area (Å²) in [5.74, 6) is -1.56. The zero-order valence-corrected chi connectivity index (χ0v) is 17.6. The molecule has 1 aliphatic carbocycles. The van der Waals surface area contributed by atoms with Crippen molar-refractivity contribution in [3.63, 3.8) is 0 Å². The molecule has 0 saturated heterocycles. The fourth-order valence-corrected chi connectivity index (χ4v) is 3.79. The van der Waals surface area contributed by atoms with Crippen LogP contribution in [0.15, 0.2) is 53.3 Å². The van der Waals surface area contributed by atoms with E-state index in [0.29, 0.717) is 5.56 Å². The lowest BCUT2D eigenvalue weighted by molar-refractivity contribution is -0.137. The Bertz CT molecular complexity index is 1310. The number of aromatic nitrogens is 2. The lowest BCUT2D eigenvalue weighted by atomic mass is 10.0. The maximum atomic E-state index is 13.1. The molecule has 0 bridgehead atoms. The Labute approximate surface area is 186 Å². The zero-order chi connectivity index (χ0) is 23.8. The first-order chi connectivity index (χ1) is 15.6. The molecule has 6 nitrogen and oxygen atoms in total. The first kappa shape index (κ1) is 22.4. The van der Waals surface area contributed by atoms with E-state index in [-0.39, 0.29) is 11.4 Å². The van der Waals surface area contributed by atoms with Gasteiger partial charge in [0.1, 0.15) is 0 Å². The number of ketones is 1. The molecule has 9 heteroatoms. The highest BCUT2D eigenvalue weighted by Gasteiger charge is 2.30. The number of benzene rings is 2. The van der Waals surface area contributed by atoms with Gasteiger partial charge in [0.05, 0.1) is 11.3 Å². The van der Waals surface area contributed by atoms with Crippen molar-refractivity contribution in [3.05, 3.63) is 92.4 Å². The molecule has 2 aromatic carbocycles. The molecule has 0 saturated carbocycles. The topological polar surface area (TPSA) is 78.3 Å². The maximum absolute atomic E-state index is 13.1. The quantitative estimate of drug-likeness (QED) is 0.427. The number of halogens is 3. The number of hydrogen-bond donors (Lipinski definition) is 0. The van der Waals surface area contributed by atoms with Crippen LogP contribution in [0.25, 0.3) is 5.69 Å². The van der Waals surface area contributed by atoms with Crippen LogP contribution in [0.4, 0.5) is 13.2 Å². The molecule has 0 atom stereocenters. The third-order valence-electron chi connectivity index (χ3n) is 5.47. The third kappa shape index (κ3) is 4.72. The summed E-state index contributed by atoms with van der Waals surface area (Å²) in [6, 6.07) is 10.7. The average molecular weight is 456 g/mol. The van der Waals surface area contributed by atoms with Crippen LogP contribution in [0.3, 0.4) is 0 Å². The highest BCUT2D eigenvalue weighted by atomic mass is 19.4. The fourth-order valence-electron chi connectivity index (χ4n) is 3.79. The van der Waals surface area contributed by atoms with Gasteiger partial charge in [-0.25, -0.2) is 9.48 Å². The van der Waals surface area contributed by atoms with Crippen molar-refractivity contribution in [1.82, 2.24) is 9.78 Å². The standard InChI is InChI=1S/C24H19F3N2O4/c1-14-10-20(30)22(28-29(14)19-7-3-6-18(12-19)24(25,26)27)23(32)33-13-21(31)17-9-8-15-4-2-5-16(15)11-17/h3,6-12H,2,4-5,13H2,1H3. The first-order valence-electron chi connectivity index (χ1n) is 10.2. The predicted molar refractivity (Wildman–Crippen MR) is 113 cm³/mol. The number of rotatable bonds is 5. The van der Waals surface area contributed by atoms with Crippen molar-refractivity contribution in [2.24, 2.45) is 0 Å². The van der Waals surface area contributed by atoms with Gasteiger partial charge in [-0.3, -0.25) is 9.59 Å². The number of carbonyl (C=O) groups is 2. The van der Waals surface area contributed by atoms with Crippen LogP contribution in [-0.2, 0) is 23.8 Å². The number of esters is 1. The SMILES string of the molecule is Cc1cc(=O)c(C(=O)OCC(=O)c2ccc3c(c2)CCC3)nn1-c1cccc(C(F)(F)F)c1. The smallest absolute Gasteiger partial charge is 0.416 e. The number of hydrogen-bond acceptors (Lipinski definition) is 5. The summed E-state index contributed by atoms with van der Waals surface area (Å²) in [6.07, 6.45) is -1.68. The number of aryl methyl sites for hydroxylation is 3. The second-order valence-corrected chi connectivity index (χ2v) is 7.79. The molecule has 1 heterocycles. The molecule has 0 radical (unpaired) electrons. The Hall–Kier alpha value is -3.75. The van der Waals surface area contributed by atoms with E-state index < -0.39 is 41.2 Å². The molecule has 0 unspecified atom stereocenters. The molecule has 0 fully saturated rings. The number of ether oxygens (including phenoxy) is 1. The Kier molecular flexibility index (Phi) is 5.88. The fraction of sp³-hybridized carbons (Fsp3) is 0.250. The number of fused-ring (bicyclic) bond motifs is 1. The number of nitrogens with zero attached hydrogens (tertiary/aromatic N) is 2. The summed E-state index contributed by atoms with van der Waals surface area (Å²) in [5.41, 5.74) is 0.658. The molecule has 170 valence electrons. The predicted octanol–water partition coefficient (Wildman–Crippen LogP) is 4.09. The van der Waals surface area contributed by atoms with Crippen molar-refractivity contribution in [2.75, 3.05) is 6.61 Å². The minimum atomic E-state index is -4.57. The van der Waals surface area contributed by atoms with Gasteiger partial charge in [0.15, 0.2) is 12.4 Å². The van der Waals surface area contributed by atoms with E-state index in [2.05, 4.69) is 5.10 Å². The summed E-state index contributed by atoms with van der Waals surface area (Å²) in [5, 5.41) is 3.91. The summed E-state index contributed by atoms with van der Waals surface area (Å²) in [6.45, 7) is 0.886. The maximum Gasteiger partial charge on any atom is 0.416 e. The van der Waals surface area contributed by atoms with E-state index in [9.17, 15) is 27.6 Å². The van der Waals surface area contributed by atoms with E-state index in [0.717, 1.165) is 47.7 Å². The van der Waals surface area contributed by atoms with Crippen LogP contribution in [0.5, 0.6) is 0 Å². The van der Waals surface area contributed by atoms with Gasteiger partial charge in [-0.15, -0.1) is 0 Å². The summed E-state index contributed by atoms with van der Waals surface area (Å²) in [4.78, 5) is 37.2. The molecule has 0 aliphatic heterocycles. The van der Waals surface area contributed by atoms with Crippen LogP contribution in [0.1, 0.15) is 49.7 Å². The lowest BCUT2D eigenvalue weighted by Crippen LogP contribution is -2.26. The highest BCUT2D eigenvalue weighted by Crippen LogP contribution is 2.30. The number of carbonyl (C=O) groups excluding carboxylic acids is 2. The van der Waals surface area contributed by atoms with Gasteiger partial charge in [-0.2, -0.15) is 18.3 Å². The van der Waals surface area contributed by atoms with E-state index in [1.165, 1.54) is 24.6 Å². The average Bonchev–Trinajstić information content (AvgIpc) is 3.25. The summed E-state index contributed by atoms with van der Waals surface area (Å²) < 4.78 is 45.2. The van der Waals surface area contributed by atoms with Crippen molar-refractivity contribution in [2.45, 2.75) is 32.4 Å². The Morgan fingerprint density at radius 3 is 2.58 bits per heavy atom. The second-order valence-electron chi connectivity index (χ2n) is 7.79. The first-order valence-corrected chi connectivity index (χ1v) is 10.2. The highest BCUT2D eigenvalue weighted by molar-refractivity contribution is 5.99. The van der Waals surface area contributed by atoms with E-state index in [1.807, 2.05) is 6.07 Å². The molecule has 0 N–H and O–H groups in total. The minimum Gasteiger partial charge on any atom is -0.452 e. The van der Waals surface area contributed by atoms with Crippen molar-refractivity contribution < 1.29 is 27.5 Å². The van der Waals surface area contributed by atoms with Gasteiger partial charge in [0.25, 0.3) is 0 Å². The van der Waals surface area contributed by atoms with E-state index in [1.54, 1.807) is 12.1 Å². The summed E-state index contributed by atoms with van der Waals surface area (Å²) >= 11 is 0. The summed E-state index contributed by atoms with van der Waals surface area (Å²) in [7, 11) is 0. The molecule has 0 spiro atoms. The van der Waals surface area contributed by atoms with Crippen LogP contribution in [0.2, 0.25) is 0 Å². The van der Waals surface area contributed by atoms with Gasteiger partial charge in [0, 0.05) is 17.3 Å². The minimum absolute atomic E-state index is 0.0191. The van der Waals surface area contributed by atoms with Crippen LogP contribution < -0.4 is 5.43 Å². The molecule has 4 rings (SSSR count). The number of alkyl halides is 3. The Balaban J connectivity index is 1.55.